The first-order valence-corrected chi connectivity index (χ1v) is 17.9. The summed E-state index contributed by atoms with van der Waals surface area (Å²) in [5.41, 5.74) is 11.8. The number of aromatic nitrogens is 1. The van der Waals surface area contributed by atoms with Crippen molar-refractivity contribution in [1.82, 2.24) is 4.57 Å². The summed E-state index contributed by atoms with van der Waals surface area (Å²) in [6.45, 7) is 0. The number of para-hydroxylation sites is 2. The summed E-state index contributed by atoms with van der Waals surface area (Å²) in [5, 5.41) is 7.41. The number of benzene rings is 9. The lowest BCUT2D eigenvalue weighted by molar-refractivity contribution is 1.18. The Morgan fingerprint density at radius 1 is 0.346 bits per heavy atom. The van der Waals surface area contributed by atoms with Gasteiger partial charge in [0, 0.05) is 33.2 Å². The van der Waals surface area contributed by atoms with Crippen LogP contribution >= 0.6 is 0 Å². The van der Waals surface area contributed by atoms with Crippen molar-refractivity contribution in [3.05, 3.63) is 206 Å². The van der Waals surface area contributed by atoms with Crippen LogP contribution in [0.4, 0.5) is 17.1 Å². The molecule has 244 valence electrons. The lowest BCUT2D eigenvalue weighted by atomic mass is 9.95. The van der Waals surface area contributed by atoms with Crippen molar-refractivity contribution in [2.45, 2.75) is 0 Å². The molecule has 0 fully saturated rings. The molecular weight excluding hydrogens is 629 g/mol. The van der Waals surface area contributed by atoms with Crippen LogP contribution in [-0.4, -0.2) is 4.57 Å². The molecule has 2 heteroatoms. The fourth-order valence-corrected chi connectivity index (χ4v) is 7.95. The Morgan fingerprint density at radius 2 is 0.962 bits per heavy atom. The summed E-state index contributed by atoms with van der Waals surface area (Å²) in [7, 11) is 0. The molecule has 0 aliphatic heterocycles. The Morgan fingerprint density at radius 3 is 1.85 bits per heavy atom. The van der Waals surface area contributed by atoms with Crippen molar-refractivity contribution in [3.8, 4) is 27.9 Å². The highest BCUT2D eigenvalue weighted by molar-refractivity contribution is 6.16. The van der Waals surface area contributed by atoms with Crippen LogP contribution in [0.15, 0.2) is 206 Å². The normalized spacial score (nSPS) is 11.5. The molecule has 0 saturated heterocycles. The van der Waals surface area contributed by atoms with Gasteiger partial charge in [-0.2, -0.15) is 0 Å². The first-order chi connectivity index (χ1) is 25.8. The van der Waals surface area contributed by atoms with Crippen LogP contribution in [0.1, 0.15) is 0 Å². The van der Waals surface area contributed by atoms with Gasteiger partial charge in [-0.1, -0.05) is 146 Å². The maximum Gasteiger partial charge on any atom is 0.0547 e. The van der Waals surface area contributed by atoms with Crippen molar-refractivity contribution < 1.29 is 0 Å². The van der Waals surface area contributed by atoms with E-state index < -0.39 is 0 Å². The molecule has 52 heavy (non-hydrogen) atoms. The molecule has 0 amide bonds. The van der Waals surface area contributed by atoms with Gasteiger partial charge in [0.25, 0.3) is 0 Å². The minimum Gasteiger partial charge on any atom is -0.310 e. The predicted molar refractivity (Wildman–Crippen MR) is 221 cm³/mol. The number of anilines is 3. The van der Waals surface area contributed by atoms with E-state index in [9.17, 15) is 0 Å². The van der Waals surface area contributed by atoms with Crippen LogP contribution in [0.5, 0.6) is 0 Å². The Bertz CT molecular complexity index is 2910. The third-order valence-corrected chi connectivity index (χ3v) is 10.3. The number of rotatable bonds is 6. The molecule has 0 N–H and O–H groups in total. The summed E-state index contributed by atoms with van der Waals surface area (Å²) >= 11 is 0. The smallest absolute Gasteiger partial charge is 0.0547 e. The van der Waals surface area contributed by atoms with Gasteiger partial charge in [0.2, 0.25) is 0 Å². The summed E-state index contributed by atoms with van der Waals surface area (Å²) in [6, 6.07) is 74.7. The first-order valence-electron chi connectivity index (χ1n) is 17.9. The monoisotopic (exact) mass is 662 g/mol. The highest BCUT2D eigenvalue weighted by Gasteiger charge is 2.18. The summed E-state index contributed by atoms with van der Waals surface area (Å²) in [6.07, 6.45) is 0. The van der Waals surface area contributed by atoms with Crippen molar-refractivity contribution in [2.75, 3.05) is 4.90 Å². The van der Waals surface area contributed by atoms with Gasteiger partial charge in [-0.3, -0.25) is 0 Å². The Kier molecular flexibility index (Phi) is 7.18. The largest absolute Gasteiger partial charge is 0.310 e. The van der Waals surface area contributed by atoms with Crippen molar-refractivity contribution in [3.63, 3.8) is 0 Å². The van der Waals surface area contributed by atoms with Crippen LogP contribution in [0, 0.1) is 0 Å². The van der Waals surface area contributed by atoms with Crippen LogP contribution in [-0.2, 0) is 0 Å². The highest BCUT2D eigenvalue weighted by atomic mass is 15.1. The van der Waals surface area contributed by atoms with Gasteiger partial charge in [0.05, 0.1) is 16.7 Å². The Balaban J connectivity index is 1.13. The van der Waals surface area contributed by atoms with Crippen LogP contribution < -0.4 is 4.90 Å². The fraction of sp³-hybridized carbons (Fsp3) is 0. The third-order valence-electron chi connectivity index (χ3n) is 10.3. The SMILES string of the molecule is c1ccc(-n2c3ccccc3c3c(-c4cccc(-c5cccc(N(c6ccc7ccccc7c6)c6cccc7ccccc67)c5)c4)cccc32)cc1. The van der Waals surface area contributed by atoms with Crippen molar-refractivity contribution >= 4 is 60.4 Å². The average Bonchev–Trinajstić information content (AvgIpc) is 3.56. The van der Waals surface area contributed by atoms with E-state index in [1.54, 1.807) is 0 Å². The summed E-state index contributed by atoms with van der Waals surface area (Å²) in [4.78, 5) is 2.40. The number of hydrogen-bond donors (Lipinski definition) is 0. The van der Waals surface area contributed by atoms with Gasteiger partial charge >= 0.3 is 0 Å². The second-order valence-electron chi connectivity index (χ2n) is 13.4. The third kappa shape index (κ3) is 5.04. The lowest BCUT2D eigenvalue weighted by Crippen LogP contribution is -2.10. The van der Waals surface area contributed by atoms with E-state index in [1.807, 2.05) is 0 Å². The van der Waals surface area contributed by atoms with Gasteiger partial charge in [-0.25, -0.2) is 0 Å². The van der Waals surface area contributed by atoms with Crippen LogP contribution in [0.3, 0.4) is 0 Å². The van der Waals surface area contributed by atoms with Gasteiger partial charge < -0.3 is 9.47 Å². The second-order valence-corrected chi connectivity index (χ2v) is 13.4. The van der Waals surface area contributed by atoms with E-state index in [4.69, 9.17) is 0 Å². The molecular formula is C50H34N2. The average molecular weight is 663 g/mol. The van der Waals surface area contributed by atoms with E-state index >= 15 is 0 Å². The predicted octanol–water partition coefficient (Wildman–Crippen LogP) is 13.9. The summed E-state index contributed by atoms with van der Waals surface area (Å²) < 4.78 is 2.39. The Hall–Kier alpha value is -6.90. The number of fused-ring (bicyclic) bond motifs is 5. The molecule has 0 aliphatic carbocycles. The number of nitrogens with zero attached hydrogens (tertiary/aromatic N) is 2. The van der Waals surface area contributed by atoms with Gasteiger partial charge in [-0.15, -0.1) is 0 Å². The first kappa shape index (κ1) is 30.0. The molecule has 0 unspecified atom stereocenters. The zero-order valence-electron chi connectivity index (χ0n) is 28.5. The lowest BCUT2D eigenvalue weighted by Gasteiger charge is -2.27. The molecule has 0 saturated carbocycles. The second kappa shape index (κ2) is 12.5. The zero-order chi connectivity index (χ0) is 34.4. The Labute approximate surface area is 303 Å². The fourth-order valence-electron chi connectivity index (χ4n) is 7.95. The molecule has 9 aromatic carbocycles. The quantitative estimate of drug-likeness (QED) is 0.172. The minimum absolute atomic E-state index is 1.11. The van der Waals surface area contributed by atoms with Gasteiger partial charge in [-0.05, 0) is 99.1 Å². The maximum absolute atomic E-state index is 2.40. The van der Waals surface area contributed by atoms with Gasteiger partial charge in [0.1, 0.15) is 0 Å². The van der Waals surface area contributed by atoms with Crippen LogP contribution in [0.25, 0.3) is 71.3 Å². The van der Waals surface area contributed by atoms with Crippen molar-refractivity contribution in [2.24, 2.45) is 0 Å². The maximum atomic E-state index is 2.40. The number of hydrogen-bond acceptors (Lipinski definition) is 1. The highest BCUT2D eigenvalue weighted by Crippen LogP contribution is 2.42. The topological polar surface area (TPSA) is 8.17 Å². The zero-order valence-corrected chi connectivity index (χ0v) is 28.5. The van der Waals surface area contributed by atoms with Gasteiger partial charge in [0.15, 0.2) is 0 Å². The molecule has 1 aromatic heterocycles. The van der Waals surface area contributed by atoms with E-state index in [0.29, 0.717) is 0 Å². The van der Waals surface area contributed by atoms with E-state index in [0.717, 1.165) is 17.1 Å². The molecule has 10 aromatic rings. The van der Waals surface area contributed by atoms with E-state index in [-0.39, 0.29) is 0 Å². The minimum atomic E-state index is 1.11. The molecule has 0 radical (unpaired) electrons. The van der Waals surface area contributed by atoms with E-state index in [1.165, 1.54) is 71.3 Å². The molecule has 0 bridgehead atoms. The van der Waals surface area contributed by atoms with E-state index in [2.05, 4.69) is 216 Å². The summed E-state index contributed by atoms with van der Waals surface area (Å²) in [5.74, 6) is 0. The molecule has 0 aliphatic rings. The molecule has 2 nitrogen and oxygen atoms in total. The molecule has 1 heterocycles. The van der Waals surface area contributed by atoms with Crippen molar-refractivity contribution in [1.29, 1.82) is 0 Å². The molecule has 0 atom stereocenters. The van der Waals surface area contributed by atoms with Crippen LogP contribution in [0.2, 0.25) is 0 Å². The molecule has 10 rings (SSSR count). The standard InChI is InChI=1S/C50H34N2/c1-2-21-41(22-3-1)52-48-27-9-8-25-46(48)50-45(26-13-29-49(50)52)40-20-10-18-37(32-40)39-19-11-23-42(34-39)51(43-31-30-35-14-4-5-16-38(35)33-43)47-28-12-17-36-15-6-7-24-44(36)47/h1-34H. The molecule has 0 spiro atoms.